The molecule has 7 nitrogen and oxygen atoms in total. The first-order valence-corrected chi connectivity index (χ1v) is 8.63. The predicted octanol–water partition coefficient (Wildman–Crippen LogP) is 3.61. The highest BCUT2D eigenvalue weighted by molar-refractivity contribution is 6.08. The Morgan fingerprint density at radius 1 is 1.21 bits per heavy atom. The Morgan fingerprint density at radius 2 is 2.00 bits per heavy atom. The lowest BCUT2D eigenvalue weighted by Gasteiger charge is -2.06. The van der Waals surface area contributed by atoms with Gasteiger partial charge in [-0.1, -0.05) is 18.2 Å². The number of benzene rings is 1. The molecule has 1 N–H and O–H groups in total. The van der Waals surface area contributed by atoms with Crippen molar-refractivity contribution in [1.29, 1.82) is 0 Å². The number of fused-ring (bicyclic) bond motifs is 1. The van der Waals surface area contributed by atoms with E-state index in [4.69, 9.17) is 0 Å². The summed E-state index contributed by atoms with van der Waals surface area (Å²) in [6, 6.07) is 7.54. The number of rotatable bonds is 5. The number of hydrogen-bond donors (Lipinski definition) is 1. The SMILES string of the molecule is Cc1cc(C(F)F)n2ncc(C(=O)Nc3cnn(Cc4ccccc4F)c3)c2n1. The number of carbonyl (C=O) groups excluding carboxylic acids is 1. The van der Waals surface area contributed by atoms with Crippen LogP contribution in [0.5, 0.6) is 0 Å². The minimum absolute atomic E-state index is 0.0385. The monoisotopic (exact) mass is 400 g/mol. The minimum atomic E-state index is -2.76. The van der Waals surface area contributed by atoms with E-state index >= 15 is 0 Å². The van der Waals surface area contributed by atoms with Gasteiger partial charge in [0.15, 0.2) is 5.65 Å². The maximum Gasteiger partial charge on any atom is 0.280 e. The Hall–Kier alpha value is -3.69. The largest absolute Gasteiger partial charge is 0.319 e. The predicted molar refractivity (Wildman–Crippen MR) is 98.4 cm³/mol. The van der Waals surface area contributed by atoms with Crippen LogP contribution in [-0.2, 0) is 6.54 Å². The summed E-state index contributed by atoms with van der Waals surface area (Å²) in [5.74, 6) is -0.917. The van der Waals surface area contributed by atoms with Crippen LogP contribution in [0.4, 0.5) is 18.9 Å². The van der Waals surface area contributed by atoms with Crippen molar-refractivity contribution < 1.29 is 18.0 Å². The van der Waals surface area contributed by atoms with Gasteiger partial charge in [-0.2, -0.15) is 10.2 Å². The summed E-state index contributed by atoms with van der Waals surface area (Å²) in [6.45, 7) is 1.76. The van der Waals surface area contributed by atoms with Gasteiger partial charge in [0.05, 0.1) is 24.6 Å². The summed E-state index contributed by atoms with van der Waals surface area (Å²) in [5.41, 5.74) is 0.918. The third-order valence-electron chi connectivity index (χ3n) is 4.28. The summed E-state index contributed by atoms with van der Waals surface area (Å²) in [5, 5.41) is 10.6. The quantitative estimate of drug-likeness (QED) is 0.555. The normalized spacial score (nSPS) is 11.3. The first-order chi connectivity index (χ1) is 13.9. The van der Waals surface area contributed by atoms with Gasteiger partial charge in [0, 0.05) is 17.5 Å². The van der Waals surface area contributed by atoms with Crippen LogP contribution >= 0.6 is 0 Å². The highest BCUT2D eigenvalue weighted by atomic mass is 19.3. The summed E-state index contributed by atoms with van der Waals surface area (Å²) >= 11 is 0. The van der Waals surface area contributed by atoms with Gasteiger partial charge < -0.3 is 5.32 Å². The molecule has 0 radical (unpaired) electrons. The summed E-state index contributed by atoms with van der Waals surface area (Å²) in [7, 11) is 0. The average molecular weight is 400 g/mol. The van der Waals surface area contributed by atoms with E-state index in [-0.39, 0.29) is 29.3 Å². The average Bonchev–Trinajstić information content (AvgIpc) is 3.29. The minimum Gasteiger partial charge on any atom is -0.319 e. The summed E-state index contributed by atoms with van der Waals surface area (Å²) < 4.78 is 42.6. The highest BCUT2D eigenvalue weighted by Gasteiger charge is 2.20. The van der Waals surface area contributed by atoms with Crippen molar-refractivity contribution in [2.45, 2.75) is 19.9 Å². The zero-order chi connectivity index (χ0) is 20.5. The lowest BCUT2D eigenvalue weighted by molar-refractivity contribution is 0.102. The number of aryl methyl sites for hydroxylation is 1. The van der Waals surface area contributed by atoms with E-state index in [0.717, 1.165) is 4.52 Å². The number of anilines is 1. The van der Waals surface area contributed by atoms with Crippen LogP contribution in [0.25, 0.3) is 5.65 Å². The summed E-state index contributed by atoms with van der Waals surface area (Å²) in [6.07, 6.45) is 1.38. The van der Waals surface area contributed by atoms with E-state index in [2.05, 4.69) is 20.5 Å². The van der Waals surface area contributed by atoms with Gasteiger partial charge in [-0.05, 0) is 19.1 Å². The van der Waals surface area contributed by atoms with Gasteiger partial charge in [0.25, 0.3) is 12.3 Å². The Morgan fingerprint density at radius 3 is 2.76 bits per heavy atom. The van der Waals surface area contributed by atoms with Crippen LogP contribution in [-0.4, -0.2) is 30.3 Å². The number of aromatic nitrogens is 5. The van der Waals surface area contributed by atoms with Crippen molar-refractivity contribution in [3.8, 4) is 0 Å². The van der Waals surface area contributed by atoms with Crippen LogP contribution in [0, 0.1) is 12.7 Å². The lowest BCUT2D eigenvalue weighted by Crippen LogP contribution is -2.12. The summed E-state index contributed by atoms with van der Waals surface area (Å²) in [4.78, 5) is 16.8. The van der Waals surface area contributed by atoms with Crippen molar-refractivity contribution >= 4 is 17.2 Å². The Labute approximate surface area is 162 Å². The van der Waals surface area contributed by atoms with Gasteiger partial charge in [-0.3, -0.25) is 9.48 Å². The zero-order valence-electron chi connectivity index (χ0n) is 15.2. The topological polar surface area (TPSA) is 77.1 Å². The van der Waals surface area contributed by atoms with Gasteiger partial charge in [-0.25, -0.2) is 22.7 Å². The molecule has 4 aromatic rings. The Bertz CT molecular complexity index is 1200. The van der Waals surface area contributed by atoms with Crippen LogP contribution in [0.1, 0.15) is 33.7 Å². The number of halogens is 3. The van der Waals surface area contributed by atoms with E-state index in [9.17, 15) is 18.0 Å². The molecule has 0 fully saturated rings. The molecule has 4 rings (SSSR count). The number of nitrogens with one attached hydrogen (secondary N) is 1. The zero-order valence-corrected chi connectivity index (χ0v) is 15.2. The lowest BCUT2D eigenvalue weighted by atomic mass is 10.2. The molecule has 148 valence electrons. The van der Waals surface area contributed by atoms with Crippen LogP contribution in [0.2, 0.25) is 0 Å². The molecule has 1 amide bonds. The standard InChI is InChI=1S/C19H15F3N6O/c1-11-6-16(17(21)22)28-18(25-11)14(8-24-28)19(29)26-13-7-23-27(10-13)9-12-4-2-3-5-15(12)20/h2-8,10,17H,9H2,1H3,(H,26,29). The molecule has 0 bridgehead atoms. The Balaban J connectivity index is 1.56. The van der Waals surface area contributed by atoms with E-state index in [1.165, 1.54) is 29.2 Å². The van der Waals surface area contributed by atoms with Gasteiger partial charge in [0.2, 0.25) is 0 Å². The number of nitrogens with zero attached hydrogens (tertiary/aromatic N) is 5. The third-order valence-corrected chi connectivity index (χ3v) is 4.28. The highest BCUT2D eigenvalue weighted by Crippen LogP contribution is 2.22. The molecule has 0 spiro atoms. The van der Waals surface area contributed by atoms with Gasteiger partial charge in [-0.15, -0.1) is 0 Å². The molecule has 0 atom stereocenters. The fourth-order valence-corrected chi connectivity index (χ4v) is 2.94. The fourth-order valence-electron chi connectivity index (χ4n) is 2.94. The van der Waals surface area contributed by atoms with E-state index in [0.29, 0.717) is 16.9 Å². The maximum absolute atomic E-state index is 13.8. The number of amides is 1. The molecule has 0 aliphatic heterocycles. The molecule has 0 saturated carbocycles. The smallest absolute Gasteiger partial charge is 0.280 e. The first-order valence-electron chi connectivity index (χ1n) is 8.63. The van der Waals surface area contributed by atoms with Crippen molar-refractivity contribution in [1.82, 2.24) is 24.4 Å². The van der Waals surface area contributed by atoms with Gasteiger partial charge in [0.1, 0.15) is 17.1 Å². The molecule has 0 unspecified atom stereocenters. The van der Waals surface area contributed by atoms with Gasteiger partial charge >= 0.3 is 0 Å². The van der Waals surface area contributed by atoms with Crippen molar-refractivity contribution in [3.05, 3.63) is 77.3 Å². The van der Waals surface area contributed by atoms with Crippen molar-refractivity contribution in [2.24, 2.45) is 0 Å². The molecular formula is C19H15F3N6O. The molecule has 0 aliphatic rings. The Kier molecular flexibility index (Phi) is 4.75. The molecule has 3 heterocycles. The van der Waals surface area contributed by atoms with Crippen molar-refractivity contribution in [2.75, 3.05) is 5.32 Å². The van der Waals surface area contributed by atoms with E-state index < -0.39 is 12.3 Å². The fraction of sp³-hybridized carbons (Fsp3) is 0.158. The molecule has 0 saturated heterocycles. The second kappa shape index (κ2) is 7.38. The molecule has 1 aromatic carbocycles. The molecule has 0 aliphatic carbocycles. The van der Waals surface area contributed by atoms with Crippen LogP contribution in [0.3, 0.4) is 0 Å². The molecule has 29 heavy (non-hydrogen) atoms. The van der Waals surface area contributed by atoms with E-state index in [1.807, 2.05) is 0 Å². The van der Waals surface area contributed by atoms with Crippen LogP contribution < -0.4 is 5.32 Å². The van der Waals surface area contributed by atoms with Crippen LogP contribution in [0.15, 0.2) is 48.9 Å². The number of alkyl halides is 2. The molecular weight excluding hydrogens is 385 g/mol. The number of carbonyl (C=O) groups is 1. The second-order valence-electron chi connectivity index (χ2n) is 6.39. The number of hydrogen-bond acceptors (Lipinski definition) is 4. The molecule has 10 heteroatoms. The van der Waals surface area contributed by atoms with Crippen molar-refractivity contribution in [3.63, 3.8) is 0 Å². The molecule has 3 aromatic heterocycles. The first kappa shape index (κ1) is 18.7. The maximum atomic E-state index is 13.8. The van der Waals surface area contributed by atoms with E-state index in [1.54, 1.807) is 31.3 Å². The third kappa shape index (κ3) is 3.68. The second-order valence-corrected chi connectivity index (χ2v) is 6.39.